The average molecular weight is 444 g/mol. The van der Waals surface area contributed by atoms with E-state index in [1.807, 2.05) is 10.7 Å². The van der Waals surface area contributed by atoms with Crippen molar-refractivity contribution in [1.82, 2.24) is 25.2 Å². The minimum Gasteiger partial charge on any atom is -0.469 e. The molecule has 2 aromatic rings. The fourth-order valence-corrected chi connectivity index (χ4v) is 5.59. The summed E-state index contributed by atoms with van der Waals surface area (Å²) in [5.74, 6) is 1.18. The summed E-state index contributed by atoms with van der Waals surface area (Å²) in [6, 6.07) is 2.04. The van der Waals surface area contributed by atoms with Crippen LogP contribution in [0.5, 0.6) is 0 Å². The third-order valence-corrected chi connectivity index (χ3v) is 7.73. The summed E-state index contributed by atoms with van der Waals surface area (Å²) in [4.78, 5) is 30.8. The first-order valence-electron chi connectivity index (χ1n) is 11.2. The largest absolute Gasteiger partial charge is 0.469 e. The van der Waals surface area contributed by atoms with E-state index >= 15 is 0 Å². The number of nitrogens with zero attached hydrogens (tertiary/aromatic N) is 5. The lowest BCUT2D eigenvalue weighted by molar-refractivity contribution is -0.160. The highest BCUT2D eigenvalue weighted by Gasteiger charge is 2.55. The van der Waals surface area contributed by atoms with Gasteiger partial charge in [0.15, 0.2) is 11.6 Å². The second-order valence-electron chi connectivity index (χ2n) is 9.20. The van der Waals surface area contributed by atoms with Crippen molar-refractivity contribution in [2.45, 2.75) is 63.5 Å². The number of rotatable bonds is 4. The van der Waals surface area contributed by atoms with E-state index < -0.39 is 0 Å². The number of fused-ring (bicyclic) bond motifs is 4. The summed E-state index contributed by atoms with van der Waals surface area (Å²) in [7, 11) is 3.04. The third kappa shape index (κ3) is 3.13. The van der Waals surface area contributed by atoms with Gasteiger partial charge in [0, 0.05) is 25.1 Å². The molecule has 11 nitrogen and oxygen atoms in total. The molecule has 6 rings (SSSR count). The minimum absolute atomic E-state index is 0.0352. The van der Waals surface area contributed by atoms with Crippen LogP contribution in [0.3, 0.4) is 0 Å². The number of aromatic nitrogens is 4. The highest BCUT2D eigenvalue weighted by Crippen LogP contribution is 2.57. The molecule has 2 bridgehead atoms. The molecule has 2 amide bonds. The van der Waals surface area contributed by atoms with Gasteiger partial charge in [0.05, 0.1) is 30.8 Å². The Morgan fingerprint density at radius 1 is 1.19 bits per heavy atom. The van der Waals surface area contributed by atoms with Crippen LogP contribution in [0, 0.1) is 5.41 Å². The molecule has 3 saturated carbocycles. The Labute approximate surface area is 185 Å². The summed E-state index contributed by atoms with van der Waals surface area (Å²) >= 11 is 0. The van der Waals surface area contributed by atoms with Crippen LogP contribution in [0.2, 0.25) is 0 Å². The van der Waals surface area contributed by atoms with Gasteiger partial charge in [0.1, 0.15) is 0 Å². The van der Waals surface area contributed by atoms with Gasteiger partial charge in [-0.1, -0.05) is 5.16 Å². The molecule has 3 heterocycles. The lowest BCUT2D eigenvalue weighted by atomic mass is 9.53. The van der Waals surface area contributed by atoms with E-state index in [0.717, 1.165) is 50.0 Å². The van der Waals surface area contributed by atoms with Gasteiger partial charge >= 0.3 is 18.0 Å². The van der Waals surface area contributed by atoms with Gasteiger partial charge in [-0.25, -0.2) is 4.79 Å². The standard InChI is InChI=1S/C21H29N7O4/c1-13-14-12-15(23-18(30)22-2)25-28(14)11-10-27(13)19-24-16(26-32-19)20-4-7-21(8-5-20,9-6-20)17(29)31-3/h12-13H,4-11H2,1-3H3,(H2,22,23,25,30). The number of nitrogens with one attached hydrogen (secondary N) is 2. The maximum absolute atomic E-state index is 12.3. The smallest absolute Gasteiger partial charge is 0.324 e. The topological polar surface area (TPSA) is 127 Å². The molecule has 0 aromatic carbocycles. The molecular weight excluding hydrogens is 414 g/mol. The van der Waals surface area contributed by atoms with E-state index in [4.69, 9.17) is 14.2 Å². The fourth-order valence-electron chi connectivity index (χ4n) is 5.59. The first kappa shape index (κ1) is 20.8. The zero-order chi connectivity index (χ0) is 22.5. The predicted molar refractivity (Wildman–Crippen MR) is 114 cm³/mol. The van der Waals surface area contributed by atoms with Crippen molar-refractivity contribution in [3.05, 3.63) is 17.6 Å². The molecule has 3 fully saturated rings. The molecule has 11 heteroatoms. The van der Waals surface area contributed by atoms with E-state index in [2.05, 4.69) is 32.7 Å². The molecule has 0 spiro atoms. The van der Waals surface area contributed by atoms with Crippen LogP contribution < -0.4 is 15.5 Å². The number of ether oxygens (including phenoxy) is 1. The number of methoxy groups -OCH3 is 1. The number of esters is 1. The van der Waals surface area contributed by atoms with E-state index in [9.17, 15) is 9.59 Å². The van der Waals surface area contributed by atoms with Gasteiger partial charge in [-0.05, 0) is 45.4 Å². The summed E-state index contributed by atoms with van der Waals surface area (Å²) in [5.41, 5.74) is 0.519. The van der Waals surface area contributed by atoms with Crippen molar-refractivity contribution < 1.29 is 18.8 Å². The van der Waals surface area contributed by atoms with Crippen LogP contribution in [-0.4, -0.2) is 52.6 Å². The minimum atomic E-state index is -0.330. The first-order valence-corrected chi connectivity index (χ1v) is 11.2. The molecule has 32 heavy (non-hydrogen) atoms. The Bertz CT molecular complexity index is 1020. The quantitative estimate of drug-likeness (QED) is 0.690. The monoisotopic (exact) mass is 443 g/mol. The van der Waals surface area contributed by atoms with E-state index in [0.29, 0.717) is 24.9 Å². The summed E-state index contributed by atoms with van der Waals surface area (Å²) in [5, 5.41) is 14.1. The zero-order valence-electron chi connectivity index (χ0n) is 18.7. The van der Waals surface area contributed by atoms with Gasteiger partial charge < -0.3 is 19.5 Å². The highest BCUT2D eigenvalue weighted by atomic mass is 16.5. The second-order valence-corrected chi connectivity index (χ2v) is 9.20. The van der Waals surface area contributed by atoms with Gasteiger partial charge in [0.25, 0.3) is 0 Å². The van der Waals surface area contributed by atoms with Crippen LogP contribution >= 0.6 is 0 Å². The van der Waals surface area contributed by atoms with Crippen molar-refractivity contribution in [2.75, 3.05) is 30.9 Å². The van der Waals surface area contributed by atoms with Crippen molar-refractivity contribution in [3.63, 3.8) is 0 Å². The molecule has 1 unspecified atom stereocenters. The summed E-state index contributed by atoms with van der Waals surface area (Å²) in [6.07, 6.45) is 5.05. The number of urea groups is 1. The number of amides is 2. The second kappa shape index (κ2) is 7.49. The Kier molecular flexibility index (Phi) is 4.86. The maximum Gasteiger partial charge on any atom is 0.324 e. The normalized spacial score (nSPS) is 28.8. The Morgan fingerprint density at radius 2 is 1.91 bits per heavy atom. The van der Waals surface area contributed by atoms with Crippen LogP contribution in [0.4, 0.5) is 16.6 Å². The number of carbonyl (C=O) groups excluding carboxylic acids is 2. The van der Waals surface area contributed by atoms with Crippen LogP contribution in [0.1, 0.15) is 63.0 Å². The van der Waals surface area contributed by atoms with Gasteiger partial charge in [-0.2, -0.15) is 10.1 Å². The Morgan fingerprint density at radius 3 is 2.56 bits per heavy atom. The third-order valence-electron chi connectivity index (χ3n) is 7.73. The van der Waals surface area contributed by atoms with Crippen LogP contribution in [0.15, 0.2) is 10.6 Å². The van der Waals surface area contributed by atoms with Crippen molar-refractivity contribution >= 4 is 23.8 Å². The van der Waals surface area contributed by atoms with Crippen molar-refractivity contribution in [3.8, 4) is 0 Å². The van der Waals surface area contributed by atoms with Crippen molar-refractivity contribution in [1.29, 1.82) is 0 Å². The SMILES string of the molecule is CNC(=O)Nc1cc2n(n1)CCN(c1nc(C34CCC(C(=O)OC)(CC3)CC4)no1)C2C. The molecule has 2 aromatic heterocycles. The molecule has 0 saturated heterocycles. The van der Waals surface area contributed by atoms with Gasteiger partial charge in [-0.15, -0.1) is 0 Å². The van der Waals surface area contributed by atoms with Crippen molar-refractivity contribution in [2.24, 2.45) is 5.41 Å². The molecule has 1 atom stereocenters. The fraction of sp³-hybridized carbons (Fsp3) is 0.667. The Hall–Kier alpha value is -3.11. The molecule has 0 radical (unpaired) electrons. The molecule has 172 valence electrons. The zero-order valence-corrected chi connectivity index (χ0v) is 18.7. The lowest BCUT2D eigenvalue weighted by Gasteiger charge is -2.50. The predicted octanol–water partition coefficient (Wildman–Crippen LogP) is 2.36. The molecule has 1 aliphatic heterocycles. The lowest BCUT2D eigenvalue weighted by Crippen LogP contribution is -2.48. The molecule has 2 N–H and O–H groups in total. The van der Waals surface area contributed by atoms with Gasteiger partial charge in [-0.3, -0.25) is 14.8 Å². The number of hydrogen-bond acceptors (Lipinski definition) is 8. The molecule has 4 aliphatic rings. The molecular formula is C21H29N7O4. The summed E-state index contributed by atoms with van der Waals surface area (Å²) in [6.45, 7) is 3.39. The summed E-state index contributed by atoms with van der Waals surface area (Å²) < 4.78 is 12.7. The number of hydrogen-bond donors (Lipinski definition) is 2. The van der Waals surface area contributed by atoms with E-state index in [1.54, 1.807) is 7.05 Å². The van der Waals surface area contributed by atoms with E-state index in [-0.39, 0.29) is 28.9 Å². The van der Waals surface area contributed by atoms with Gasteiger partial charge in [0.2, 0.25) is 0 Å². The van der Waals surface area contributed by atoms with Crippen LogP contribution in [0.25, 0.3) is 0 Å². The number of carbonyl (C=O) groups is 2. The van der Waals surface area contributed by atoms with E-state index in [1.165, 1.54) is 7.11 Å². The first-order chi connectivity index (χ1) is 15.4. The highest BCUT2D eigenvalue weighted by molar-refractivity contribution is 5.88. The van der Waals surface area contributed by atoms with Crippen LogP contribution in [-0.2, 0) is 21.5 Å². The maximum atomic E-state index is 12.3. The Balaban J connectivity index is 1.33. The molecule has 3 aliphatic carbocycles. The number of anilines is 2. The average Bonchev–Trinajstić information content (AvgIpc) is 3.48.